The van der Waals surface area contributed by atoms with Crippen LogP contribution in [0.1, 0.15) is 18.4 Å². The molecule has 4 nitrogen and oxygen atoms in total. The fourth-order valence-corrected chi connectivity index (χ4v) is 1.39. The minimum Gasteiger partial charge on any atom is -0.310 e. The van der Waals surface area contributed by atoms with Crippen molar-refractivity contribution in [2.75, 3.05) is 0 Å². The lowest BCUT2D eigenvalue weighted by molar-refractivity contribution is -0.385. The van der Waals surface area contributed by atoms with Crippen LogP contribution >= 0.6 is 0 Å². The quantitative estimate of drug-likeness (QED) is 0.610. The Bertz CT molecular complexity index is 391. The Morgan fingerprint density at radius 1 is 1.47 bits per heavy atom. The van der Waals surface area contributed by atoms with Gasteiger partial charge < -0.3 is 5.32 Å². The smallest absolute Gasteiger partial charge is 0.272 e. The van der Waals surface area contributed by atoms with Crippen LogP contribution < -0.4 is 5.32 Å². The third kappa shape index (κ3) is 2.73. The van der Waals surface area contributed by atoms with Crippen LogP contribution in [0.2, 0.25) is 0 Å². The molecule has 0 aromatic heterocycles. The lowest BCUT2D eigenvalue weighted by Crippen LogP contribution is -2.15. The van der Waals surface area contributed by atoms with Gasteiger partial charge in [0.05, 0.1) is 11.0 Å². The highest BCUT2D eigenvalue weighted by molar-refractivity contribution is 5.35. The van der Waals surface area contributed by atoms with Crippen LogP contribution in [0.25, 0.3) is 0 Å². The number of rotatable bonds is 4. The number of nitro groups is 1. The summed E-state index contributed by atoms with van der Waals surface area (Å²) in [7, 11) is 0. The molecule has 0 atom stereocenters. The molecule has 1 N–H and O–H groups in total. The van der Waals surface area contributed by atoms with Crippen molar-refractivity contribution in [3.8, 4) is 0 Å². The summed E-state index contributed by atoms with van der Waals surface area (Å²) >= 11 is 0. The molecule has 1 saturated carbocycles. The molecule has 0 saturated heterocycles. The first-order valence-corrected chi connectivity index (χ1v) is 4.82. The monoisotopic (exact) mass is 210 g/mol. The van der Waals surface area contributed by atoms with Crippen LogP contribution in [-0.4, -0.2) is 11.0 Å². The molecule has 1 aromatic rings. The topological polar surface area (TPSA) is 55.2 Å². The highest BCUT2D eigenvalue weighted by Gasteiger charge is 2.20. The zero-order valence-corrected chi connectivity index (χ0v) is 8.07. The molecule has 1 aliphatic rings. The van der Waals surface area contributed by atoms with E-state index in [4.69, 9.17) is 0 Å². The number of benzene rings is 1. The lowest BCUT2D eigenvalue weighted by Gasteiger charge is -2.03. The highest BCUT2D eigenvalue weighted by Crippen LogP contribution is 2.21. The number of nitro benzene ring substituents is 1. The van der Waals surface area contributed by atoms with Gasteiger partial charge in [-0.05, 0) is 24.5 Å². The van der Waals surface area contributed by atoms with E-state index in [1.165, 1.54) is 12.1 Å². The number of non-ortho nitro benzene ring substituents is 1. The third-order valence-electron chi connectivity index (χ3n) is 2.33. The summed E-state index contributed by atoms with van der Waals surface area (Å²) in [5.74, 6) is -0.559. The van der Waals surface area contributed by atoms with E-state index < -0.39 is 10.7 Å². The first-order chi connectivity index (χ1) is 7.15. The molecular weight excluding hydrogens is 199 g/mol. The van der Waals surface area contributed by atoms with Gasteiger partial charge in [0, 0.05) is 18.7 Å². The van der Waals surface area contributed by atoms with Gasteiger partial charge in [-0.2, -0.15) is 0 Å². The van der Waals surface area contributed by atoms with E-state index in [2.05, 4.69) is 5.32 Å². The molecule has 1 fully saturated rings. The SMILES string of the molecule is O=[N+]([O-])c1cc(F)cc(CNC2CC2)c1. The number of halogens is 1. The van der Waals surface area contributed by atoms with Crippen molar-refractivity contribution in [3.63, 3.8) is 0 Å². The predicted molar refractivity (Wildman–Crippen MR) is 52.9 cm³/mol. The van der Waals surface area contributed by atoms with E-state index in [-0.39, 0.29) is 5.69 Å². The van der Waals surface area contributed by atoms with Crippen LogP contribution in [0.4, 0.5) is 10.1 Å². The van der Waals surface area contributed by atoms with E-state index in [0.717, 1.165) is 18.9 Å². The van der Waals surface area contributed by atoms with Crippen molar-refractivity contribution in [1.29, 1.82) is 0 Å². The molecule has 0 spiro atoms. The minimum absolute atomic E-state index is 0.192. The molecule has 0 unspecified atom stereocenters. The van der Waals surface area contributed by atoms with Gasteiger partial charge >= 0.3 is 0 Å². The maximum absolute atomic E-state index is 13.0. The number of nitrogens with zero attached hydrogens (tertiary/aromatic N) is 1. The molecule has 15 heavy (non-hydrogen) atoms. The van der Waals surface area contributed by atoms with E-state index in [0.29, 0.717) is 18.2 Å². The number of nitrogens with one attached hydrogen (secondary N) is 1. The van der Waals surface area contributed by atoms with Crippen molar-refractivity contribution in [1.82, 2.24) is 5.32 Å². The second-order valence-corrected chi connectivity index (χ2v) is 3.73. The molecule has 0 bridgehead atoms. The zero-order valence-electron chi connectivity index (χ0n) is 8.07. The normalized spacial score (nSPS) is 15.3. The van der Waals surface area contributed by atoms with Crippen molar-refractivity contribution in [2.24, 2.45) is 0 Å². The van der Waals surface area contributed by atoms with Crippen LogP contribution in [-0.2, 0) is 6.54 Å². The summed E-state index contributed by atoms with van der Waals surface area (Å²) < 4.78 is 13.0. The van der Waals surface area contributed by atoms with Crippen LogP contribution in [0, 0.1) is 15.9 Å². The molecule has 2 rings (SSSR count). The molecule has 0 heterocycles. The van der Waals surface area contributed by atoms with E-state index in [9.17, 15) is 14.5 Å². The third-order valence-corrected chi connectivity index (χ3v) is 2.33. The largest absolute Gasteiger partial charge is 0.310 e. The Balaban J connectivity index is 2.10. The van der Waals surface area contributed by atoms with E-state index in [1.54, 1.807) is 0 Å². The fourth-order valence-electron chi connectivity index (χ4n) is 1.39. The molecule has 0 radical (unpaired) electrons. The van der Waals surface area contributed by atoms with Gasteiger partial charge in [-0.15, -0.1) is 0 Å². The average molecular weight is 210 g/mol. The molecular formula is C10H11FN2O2. The molecule has 0 aliphatic heterocycles. The summed E-state index contributed by atoms with van der Waals surface area (Å²) in [6.07, 6.45) is 2.27. The van der Waals surface area contributed by atoms with Crippen molar-refractivity contribution in [2.45, 2.75) is 25.4 Å². The number of hydrogen-bond acceptors (Lipinski definition) is 3. The fraction of sp³-hybridized carbons (Fsp3) is 0.400. The second-order valence-electron chi connectivity index (χ2n) is 3.73. The van der Waals surface area contributed by atoms with Gasteiger partial charge in [-0.25, -0.2) is 4.39 Å². The van der Waals surface area contributed by atoms with Gasteiger partial charge in [-0.1, -0.05) is 0 Å². The van der Waals surface area contributed by atoms with Gasteiger partial charge in [0.2, 0.25) is 0 Å². The highest BCUT2D eigenvalue weighted by atomic mass is 19.1. The second kappa shape index (κ2) is 3.94. The van der Waals surface area contributed by atoms with E-state index in [1.807, 2.05) is 0 Å². The van der Waals surface area contributed by atoms with Crippen LogP contribution in [0.15, 0.2) is 18.2 Å². The van der Waals surface area contributed by atoms with Gasteiger partial charge in [0.1, 0.15) is 5.82 Å². The predicted octanol–water partition coefficient (Wildman–Crippen LogP) is 1.99. The number of hydrogen-bond donors (Lipinski definition) is 1. The first-order valence-electron chi connectivity index (χ1n) is 4.82. The Morgan fingerprint density at radius 3 is 2.80 bits per heavy atom. The standard InChI is InChI=1S/C10H11FN2O2/c11-8-3-7(6-12-9-1-2-9)4-10(5-8)13(14)15/h3-5,9,12H,1-2,6H2. The summed E-state index contributed by atoms with van der Waals surface area (Å²) in [6.45, 7) is 0.489. The van der Waals surface area contributed by atoms with Crippen LogP contribution in [0.3, 0.4) is 0 Å². The summed E-state index contributed by atoms with van der Waals surface area (Å²) in [5, 5.41) is 13.7. The maximum Gasteiger partial charge on any atom is 0.272 e. The van der Waals surface area contributed by atoms with Crippen molar-refractivity contribution >= 4 is 5.69 Å². The van der Waals surface area contributed by atoms with Gasteiger partial charge in [0.25, 0.3) is 5.69 Å². The van der Waals surface area contributed by atoms with Gasteiger partial charge in [0.15, 0.2) is 0 Å². The summed E-state index contributed by atoms with van der Waals surface area (Å²) in [5.41, 5.74) is 0.427. The van der Waals surface area contributed by atoms with Crippen molar-refractivity contribution in [3.05, 3.63) is 39.7 Å². The molecule has 80 valence electrons. The lowest BCUT2D eigenvalue weighted by atomic mass is 10.2. The Hall–Kier alpha value is -1.49. The minimum atomic E-state index is -0.580. The van der Waals surface area contributed by atoms with Crippen LogP contribution in [0.5, 0.6) is 0 Å². The maximum atomic E-state index is 13.0. The Labute approximate surface area is 86.3 Å². The van der Waals surface area contributed by atoms with Gasteiger partial charge in [-0.3, -0.25) is 10.1 Å². The van der Waals surface area contributed by atoms with E-state index >= 15 is 0 Å². The summed E-state index contributed by atoms with van der Waals surface area (Å²) in [4.78, 5) is 9.89. The molecule has 1 aliphatic carbocycles. The average Bonchev–Trinajstić information content (AvgIpc) is 2.97. The summed E-state index contributed by atoms with van der Waals surface area (Å²) in [6, 6.07) is 4.16. The van der Waals surface area contributed by atoms with Crippen molar-refractivity contribution < 1.29 is 9.31 Å². The zero-order chi connectivity index (χ0) is 10.8. The Morgan fingerprint density at radius 2 is 2.20 bits per heavy atom. The molecule has 0 amide bonds. The molecule has 5 heteroatoms. The Kier molecular flexibility index (Phi) is 2.64. The first kappa shape index (κ1) is 10.0. The molecule has 1 aromatic carbocycles.